The van der Waals surface area contributed by atoms with Gasteiger partial charge in [0.2, 0.25) is 10.0 Å². The minimum absolute atomic E-state index is 0.104. The molecule has 1 heterocycles. The highest BCUT2D eigenvalue weighted by Crippen LogP contribution is 2.28. The van der Waals surface area contributed by atoms with E-state index in [9.17, 15) is 18.0 Å². The summed E-state index contributed by atoms with van der Waals surface area (Å²) >= 11 is 7.25. The van der Waals surface area contributed by atoms with E-state index in [0.717, 1.165) is 11.1 Å². The van der Waals surface area contributed by atoms with Gasteiger partial charge in [-0.25, -0.2) is 13.1 Å². The maximum absolute atomic E-state index is 12.6. The summed E-state index contributed by atoms with van der Waals surface area (Å²) in [6.45, 7) is 2.09. The number of carbonyl (C=O) groups excluding carboxylic acids is 2. The number of rotatable bonds is 8. The van der Waals surface area contributed by atoms with Gasteiger partial charge in [0.15, 0.2) is 0 Å². The van der Waals surface area contributed by atoms with Crippen molar-refractivity contribution in [2.24, 2.45) is 0 Å². The van der Waals surface area contributed by atoms with Crippen LogP contribution in [0.25, 0.3) is 0 Å². The van der Waals surface area contributed by atoms with E-state index in [2.05, 4.69) is 15.4 Å². The number of anilines is 1. The maximum Gasteiger partial charge on any atom is 0.261 e. The highest BCUT2D eigenvalue weighted by Gasteiger charge is 2.17. The lowest BCUT2D eigenvalue weighted by molar-refractivity contribution is 0.0953. The number of aryl methyl sites for hydroxylation is 1. The maximum atomic E-state index is 12.6. The Morgan fingerprint density at radius 2 is 1.66 bits per heavy atom. The van der Waals surface area contributed by atoms with Gasteiger partial charge in [0.05, 0.1) is 26.2 Å². The van der Waals surface area contributed by atoms with E-state index in [0.29, 0.717) is 26.0 Å². The molecule has 2 aromatic carbocycles. The number of benzene rings is 2. The first-order chi connectivity index (χ1) is 15.2. The molecular weight excluding hydrogens is 470 g/mol. The molecule has 3 N–H and O–H groups in total. The zero-order valence-corrected chi connectivity index (χ0v) is 19.8. The van der Waals surface area contributed by atoms with E-state index in [1.165, 1.54) is 18.4 Å². The van der Waals surface area contributed by atoms with Crippen molar-refractivity contribution in [1.29, 1.82) is 0 Å². The van der Waals surface area contributed by atoms with Crippen LogP contribution in [0.2, 0.25) is 5.02 Å². The van der Waals surface area contributed by atoms with Gasteiger partial charge in [0.1, 0.15) is 0 Å². The van der Waals surface area contributed by atoms with Crippen LogP contribution in [-0.4, -0.2) is 27.3 Å². The molecule has 0 atom stereocenters. The fraction of sp³-hybridized carbons (Fsp3) is 0.182. The average molecular weight is 492 g/mol. The Hall–Kier alpha value is -2.72. The van der Waals surface area contributed by atoms with Crippen molar-refractivity contribution in [2.75, 3.05) is 12.4 Å². The molecule has 0 saturated carbocycles. The van der Waals surface area contributed by atoms with Gasteiger partial charge in [-0.15, -0.1) is 11.3 Å². The van der Waals surface area contributed by atoms with Crippen LogP contribution in [0.1, 0.15) is 36.7 Å². The third-order valence-electron chi connectivity index (χ3n) is 4.62. The van der Waals surface area contributed by atoms with Crippen LogP contribution >= 0.6 is 22.9 Å². The molecule has 2 amide bonds. The third kappa shape index (κ3) is 6.17. The summed E-state index contributed by atoms with van der Waals surface area (Å²) < 4.78 is 25.5. The molecule has 7 nitrogen and oxygen atoms in total. The molecule has 0 aliphatic rings. The second-order valence-electron chi connectivity index (χ2n) is 7.02. The van der Waals surface area contributed by atoms with Crippen LogP contribution in [0.5, 0.6) is 0 Å². The summed E-state index contributed by atoms with van der Waals surface area (Å²) in [5.41, 5.74) is 2.60. The molecule has 0 bridgehead atoms. The van der Waals surface area contributed by atoms with E-state index < -0.39 is 10.0 Å². The minimum atomic E-state index is -3.33. The van der Waals surface area contributed by atoms with Crippen molar-refractivity contribution < 1.29 is 18.0 Å². The number of amides is 2. The lowest BCUT2D eigenvalue weighted by Crippen LogP contribution is -2.22. The van der Waals surface area contributed by atoms with Crippen molar-refractivity contribution in [2.45, 2.75) is 19.2 Å². The SMILES string of the molecule is CNS(=O)(=O)Cc1ccc(CNC(=O)c2sc(NC(=O)c3ccccc3Cl)cc2C)cc1. The fourth-order valence-corrected chi connectivity index (χ4v) is 4.88. The molecule has 0 aliphatic heterocycles. The molecule has 3 rings (SSSR count). The Balaban J connectivity index is 1.61. The second-order valence-corrected chi connectivity index (χ2v) is 10.4. The van der Waals surface area contributed by atoms with Gasteiger partial charge in [0, 0.05) is 6.54 Å². The molecule has 168 valence electrons. The van der Waals surface area contributed by atoms with Crippen LogP contribution < -0.4 is 15.4 Å². The molecular formula is C22H22ClN3O4S2. The molecule has 0 saturated heterocycles. The number of thiophene rings is 1. The van der Waals surface area contributed by atoms with Gasteiger partial charge in [0.25, 0.3) is 11.8 Å². The van der Waals surface area contributed by atoms with Gasteiger partial charge in [-0.2, -0.15) is 0 Å². The molecule has 0 unspecified atom stereocenters. The number of hydrogen-bond donors (Lipinski definition) is 3. The first-order valence-electron chi connectivity index (χ1n) is 9.62. The Morgan fingerprint density at radius 1 is 1.00 bits per heavy atom. The standard InChI is InChI=1S/C22H22ClN3O4S2/c1-14-11-19(26-21(27)17-5-3-4-6-18(17)23)31-20(14)22(28)25-12-15-7-9-16(10-8-15)13-32(29,30)24-2/h3-11,24H,12-13H2,1-2H3,(H,25,28)(H,26,27). The van der Waals surface area contributed by atoms with E-state index in [4.69, 9.17) is 11.6 Å². The predicted octanol–water partition coefficient (Wildman–Crippen LogP) is 3.94. The molecule has 3 aromatic rings. The van der Waals surface area contributed by atoms with Gasteiger partial charge in [-0.05, 0) is 48.9 Å². The van der Waals surface area contributed by atoms with E-state index >= 15 is 0 Å². The molecule has 0 aliphatic carbocycles. The van der Waals surface area contributed by atoms with Crippen molar-refractivity contribution in [3.8, 4) is 0 Å². The van der Waals surface area contributed by atoms with Gasteiger partial charge in [-0.3, -0.25) is 9.59 Å². The van der Waals surface area contributed by atoms with Crippen LogP contribution in [0, 0.1) is 6.92 Å². The Kier molecular flexibility index (Phi) is 7.68. The summed E-state index contributed by atoms with van der Waals surface area (Å²) in [7, 11) is -1.96. The largest absolute Gasteiger partial charge is 0.347 e. The molecule has 10 heteroatoms. The van der Waals surface area contributed by atoms with Crippen molar-refractivity contribution >= 4 is 49.8 Å². The van der Waals surface area contributed by atoms with Crippen LogP contribution in [0.4, 0.5) is 5.00 Å². The second kappa shape index (κ2) is 10.3. The summed E-state index contributed by atoms with van der Waals surface area (Å²) in [5, 5.41) is 6.53. The predicted molar refractivity (Wildman–Crippen MR) is 128 cm³/mol. The number of halogens is 1. The Morgan fingerprint density at radius 3 is 2.31 bits per heavy atom. The Bertz CT molecular complexity index is 1240. The van der Waals surface area contributed by atoms with Gasteiger partial charge < -0.3 is 10.6 Å². The highest BCUT2D eigenvalue weighted by atomic mass is 35.5. The summed E-state index contributed by atoms with van der Waals surface area (Å²) in [6.07, 6.45) is 0. The van der Waals surface area contributed by atoms with Crippen LogP contribution in [-0.2, 0) is 22.3 Å². The smallest absolute Gasteiger partial charge is 0.261 e. The quantitative estimate of drug-likeness (QED) is 0.444. The van der Waals surface area contributed by atoms with E-state index in [1.54, 1.807) is 61.5 Å². The summed E-state index contributed by atoms with van der Waals surface area (Å²) in [5.74, 6) is -0.704. The normalized spacial score (nSPS) is 11.2. The van der Waals surface area contributed by atoms with Crippen LogP contribution in [0.3, 0.4) is 0 Å². The lowest BCUT2D eigenvalue weighted by atomic mass is 10.1. The number of nitrogens with one attached hydrogen (secondary N) is 3. The molecule has 0 spiro atoms. The van der Waals surface area contributed by atoms with E-state index in [1.807, 2.05) is 0 Å². The van der Waals surface area contributed by atoms with E-state index in [-0.39, 0.29) is 24.1 Å². The molecule has 0 radical (unpaired) electrons. The third-order valence-corrected chi connectivity index (χ3v) is 7.44. The Labute approximate surface area is 195 Å². The van der Waals surface area contributed by atoms with Gasteiger partial charge in [-0.1, -0.05) is 48.0 Å². The van der Waals surface area contributed by atoms with Crippen molar-refractivity contribution in [3.63, 3.8) is 0 Å². The van der Waals surface area contributed by atoms with Crippen molar-refractivity contribution in [3.05, 3.63) is 86.8 Å². The van der Waals surface area contributed by atoms with Crippen LogP contribution in [0.15, 0.2) is 54.6 Å². The number of hydrogen-bond acceptors (Lipinski definition) is 5. The topological polar surface area (TPSA) is 104 Å². The first kappa shape index (κ1) is 23.9. The molecule has 32 heavy (non-hydrogen) atoms. The highest BCUT2D eigenvalue weighted by molar-refractivity contribution is 7.88. The number of carbonyl (C=O) groups is 2. The van der Waals surface area contributed by atoms with Gasteiger partial charge >= 0.3 is 0 Å². The zero-order valence-electron chi connectivity index (χ0n) is 17.4. The first-order valence-corrected chi connectivity index (χ1v) is 12.5. The monoisotopic (exact) mass is 491 g/mol. The fourth-order valence-electron chi connectivity index (χ4n) is 2.90. The number of sulfonamides is 1. The summed E-state index contributed by atoms with van der Waals surface area (Å²) in [4.78, 5) is 25.6. The molecule has 0 fully saturated rings. The average Bonchev–Trinajstić information content (AvgIpc) is 3.13. The molecule has 1 aromatic heterocycles. The summed E-state index contributed by atoms with van der Waals surface area (Å²) in [6, 6.07) is 15.5. The van der Waals surface area contributed by atoms with Crippen molar-refractivity contribution in [1.82, 2.24) is 10.0 Å². The minimum Gasteiger partial charge on any atom is -0.347 e. The lowest BCUT2D eigenvalue weighted by Gasteiger charge is -2.07. The zero-order chi connectivity index (χ0) is 23.3.